The largest absolute Gasteiger partial charge is 0.453 e. The maximum absolute atomic E-state index is 12.7. The van der Waals surface area contributed by atoms with Crippen LogP contribution < -0.4 is 5.43 Å². The molecule has 0 saturated carbocycles. The van der Waals surface area contributed by atoms with Crippen LogP contribution in [0.15, 0.2) is 27.8 Å². The Kier molecular flexibility index (Phi) is 3.73. The molecule has 1 aliphatic heterocycles. The van der Waals surface area contributed by atoms with Gasteiger partial charge in [-0.25, -0.2) is 0 Å². The van der Waals surface area contributed by atoms with Crippen LogP contribution in [0.1, 0.15) is 24.2 Å². The fraction of sp³-hybridized carbons (Fsp3) is 0.364. The van der Waals surface area contributed by atoms with Gasteiger partial charge in [-0.3, -0.25) is 5.43 Å². The second-order valence-electron chi connectivity index (χ2n) is 4.01. The summed E-state index contributed by atoms with van der Waals surface area (Å²) in [5, 5.41) is 13.7. The first-order valence-corrected chi connectivity index (χ1v) is 6.12. The summed E-state index contributed by atoms with van der Waals surface area (Å²) >= 11 is 2.99. The molecule has 2 atom stereocenters. The number of halogens is 4. The van der Waals surface area contributed by atoms with E-state index in [1.54, 1.807) is 6.92 Å². The van der Waals surface area contributed by atoms with Crippen LogP contribution in [0.5, 0.6) is 0 Å². The number of rotatable bonds is 2. The van der Waals surface area contributed by atoms with E-state index in [2.05, 4.69) is 26.5 Å². The molecule has 1 heterocycles. The van der Waals surface area contributed by atoms with Crippen LogP contribution in [0.3, 0.4) is 0 Å². The first-order chi connectivity index (χ1) is 8.77. The van der Waals surface area contributed by atoms with Crippen LogP contribution in [0, 0.1) is 0 Å². The van der Waals surface area contributed by atoms with Crippen molar-refractivity contribution in [2.75, 3.05) is 0 Å². The topological polar surface area (TPSA) is 53.9 Å². The highest BCUT2D eigenvalue weighted by Gasteiger charge is 2.33. The van der Waals surface area contributed by atoms with E-state index in [1.165, 1.54) is 6.07 Å². The second-order valence-corrected chi connectivity index (χ2v) is 4.93. The minimum Gasteiger partial charge on any atom is -0.453 e. The van der Waals surface area contributed by atoms with Gasteiger partial charge in [-0.15, -0.1) is 5.10 Å². The Bertz CT molecular complexity index is 519. The van der Waals surface area contributed by atoms with Gasteiger partial charge < -0.3 is 9.84 Å². The third kappa shape index (κ3) is 3.19. The van der Waals surface area contributed by atoms with Crippen LogP contribution in [-0.4, -0.2) is 17.2 Å². The number of alkyl halides is 3. The van der Waals surface area contributed by atoms with E-state index in [-0.39, 0.29) is 15.9 Å². The fourth-order valence-electron chi connectivity index (χ4n) is 1.59. The molecule has 0 aromatic heterocycles. The van der Waals surface area contributed by atoms with Crippen molar-refractivity contribution in [3.05, 3.63) is 33.8 Å². The van der Waals surface area contributed by atoms with Crippen LogP contribution in [0.25, 0.3) is 0 Å². The van der Waals surface area contributed by atoms with Crippen LogP contribution >= 0.6 is 15.9 Å². The summed E-state index contributed by atoms with van der Waals surface area (Å²) in [6, 6.07) is 3.19. The zero-order valence-corrected chi connectivity index (χ0v) is 11.3. The van der Waals surface area contributed by atoms with Gasteiger partial charge in [0, 0.05) is 4.47 Å². The molecule has 0 spiro atoms. The summed E-state index contributed by atoms with van der Waals surface area (Å²) < 4.78 is 43.4. The highest BCUT2D eigenvalue weighted by atomic mass is 79.9. The van der Waals surface area contributed by atoms with Crippen molar-refractivity contribution in [1.29, 1.82) is 0 Å². The van der Waals surface area contributed by atoms with Gasteiger partial charge in [0.05, 0.1) is 5.56 Å². The molecule has 8 heteroatoms. The molecule has 1 aromatic carbocycles. The minimum atomic E-state index is -4.48. The van der Waals surface area contributed by atoms with E-state index < -0.39 is 24.1 Å². The number of nitrogens with zero attached hydrogens (tertiary/aromatic N) is 1. The number of aliphatic hydroxyl groups is 1. The molecule has 0 saturated heterocycles. The summed E-state index contributed by atoms with van der Waals surface area (Å²) in [4.78, 5) is 0. The Morgan fingerprint density at radius 2 is 2.11 bits per heavy atom. The molecule has 0 amide bonds. The summed E-state index contributed by atoms with van der Waals surface area (Å²) in [6.07, 6.45) is -6.25. The smallest absolute Gasteiger partial charge is 0.416 e. The number of nitrogens with one attached hydrogen (secondary N) is 1. The van der Waals surface area contributed by atoms with Crippen molar-refractivity contribution in [1.82, 2.24) is 5.43 Å². The van der Waals surface area contributed by atoms with Gasteiger partial charge in [0.2, 0.25) is 5.90 Å². The Labute approximate surface area is 115 Å². The highest BCUT2D eigenvalue weighted by molar-refractivity contribution is 9.10. The summed E-state index contributed by atoms with van der Waals surface area (Å²) in [5.74, 6) is -0.0567. The Hall–Kier alpha value is -1.28. The molecule has 1 aliphatic rings. The van der Waals surface area contributed by atoms with Gasteiger partial charge in [0.25, 0.3) is 0 Å². The molecule has 104 valence electrons. The average molecular weight is 339 g/mol. The predicted octanol–water partition coefficient (Wildman–Crippen LogP) is 2.78. The van der Waals surface area contributed by atoms with Crippen molar-refractivity contribution < 1.29 is 23.0 Å². The third-order valence-electron chi connectivity index (χ3n) is 2.45. The molecule has 2 rings (SSSR count). The Balaban J connectivity index is 2.32. The lowest BCUT2D eigenvalue weighted by molar-refractivity contribution is -0.137. The Morgan fingerprint density at radius 1 is 1.42 bits per heavy atom. The van der Waals surface area contributed by atoms with Crippen LogP contribution in [0.2, 0.25) is 0 Å². The molecular weight excluding hydrogens is 329 g/mol. The highest BCUT2D eigenvalue weighted by Crippen LogP contribution is 2.33. The second kappa shape index (κ2) is 5.01. The summed E-state index contributed by atoms with van der Waals surface area (Å²) in [6.45, 7) is 1.66. The van der Waals surface area contributed by atoms with Gasteiger partial charge in [-0.1, -0.05) is 15.9 Å². The zero-order valence-electron chi connectivity index (χ0n) is 9.70. The van der Waals surface area contributed by atoms with Crippen molar-refractivity contribution >= 4 is 21.8 Å². The first-order valence-electron chi connectivity index (χ1n) is 5.33. The van der Waals surface area contributed by atoms with Gasteiger partial charge >= 0.3 is 6.18 Å². The number of hydrogen-bond donors (Lipinski definition) is 2. The number of aliphatic hydroxyl groups excluding tert-OH is 1. The monoisotopic (exact) mass is 338 g/mol. The van der Waals surface area contributed by atoms with Gasteiger partial charge in [-0.05, 0) is 30.7 Å². The molecule has 2 N–H and O–H groups in total. The van der Waals surface area contributed by atoms with Gasteiger partial charge in [-0.2, -0.15) is 13.2 Å². The number of ether oxygens (including phenoxy) is 1. The molecule has 4 nitrogen and oxygen atoms in total. The van der Waals surface area contributed by atoms with Crippen LogP contribution in [0.4, 0.5) is 13.2 Å². The molecule has 2 unspecified atom stereocenters. The van der Waals surface area contributed by atoms with E-state index in [9.17, 15) is 18.3 Å². The van der Waals surface area contributed by atoms with E-state index in [0.717, 1.165) is 12.1 Å². The zero-order chi connectivity index (χ0) is 14.2. The lowest BCUT2D eigenvalue weighted by Gasteiger charge is -2.14. The van der Waals surface area contributed by atoms with Crippen molar-refractivity contribution in [3.63, 3.8) is 0 Å². The molecule has 0 fully saturated rings. The van der Waals surface area contributed by atoms with E-state index >= 15 is 0 Å². The molecule has 0 bridgehead atoms. The van der Waals surface area contributed by atoms with E-state index in [4.69, 9.17) is 4.74 Å². The predicted molar refractivity (Wildman–Crippen MR) is 65.2 cm³/mol. The molecular formula is C11H10BrF3N2O2. The number of benzene rings is 1. The molecule has 0 radical (unpaired) electrons. The van der Waals surface area contributed by atoms with Crippen molar-refractivity contribution in [2.24, 2.45) is 5.10 Å². The molecule has 0 aliphatic carbocycles. The fourth-order valence-corrected chi connectivity index (χ4v) is 2.10. The first kappa shape index (κ1) is 14.1. The summed E-state index contributed by atoms with van der Waals surface area (Å²) in [7, 11) is 0. The van der Waals surface area contributed by atoms with Gasteiger partial charge in [0.1, 0.15) is 0 Å². The standard InChI is InChI=1S/C11H10BrF3N2O2/c1-5-16-17-10(19-5)9(18)6-2-7(11(13,14)15)4-8(12)3-6/h2-5,9,16,18H,1H3. The minimum absolute atomic E-state index is 0.0522. The summed E-state index contributed by atoms with van der Waals surface area (Å²) in [5.41, 5.74) is 1.75. The van der Waals surface area contributed by atoms with Crippen molar-refractivity contribution in [2.45, 2.75) is 25.4 Å². The van der Waals surface area contributed by atoms with E-state index in [0.29, 0.717) is 0 Å². The van der Waals surface area contributed by atoms with Crippen LogP contribution in [-0.2, 0) is 10.9 Å². The maximum Gasteiger partial charge on any atom is 0.416 e. The lowest BCUT2D eigenvalue weighted by Crippen LogP contribution is -2.19. The number of hydrazone groups is 1. The van der Waals surface area contributed by atoms with Gasteiger partial charge in [0.15, 0.2) is 12.3 Å². The Morgan fingerprint density at radius 3 is 2.63 bits per heavy atom. The SMILES string of the molecule is CC1NN=C(C(O)c2cc(Br)cc(C(F)(F)F)c2)O1. The normalized spacial score (nSPS) is 20.5. The average Bonchev–Trinajstić information content (AvgIpc) is 2.73. The molecule has 1 aromatic rings. The molecule has 19 heavy (non-hydrogen) atoms. The quantitative estimate of drug-likeness (QED) is 0.871. The van der Waals surface area contributed by atoms with Crippen molar-refractivity contribution in [3.8, 4) is 0 Å². The van der Waals surface area contributed by atoms with E-state index in [1.807, 2.05) is 0 Å². The maximum atomic E-state index is 12.7. The number of hydrogen-bond acceptors (Lipinski definition) is 4. The third-order valence-corrected chi connectivity index (χ3v) is 2.91. The lowest BCUT2D eigenvalue weighted by atomic mass is 10.1.